The summed E-state index contributed by atoms with van der Waals surface area (Å²) in [5.41, 5.74) is 1.55. The first kappa shape index (κ1) is 12.1. The minimum atomic E-state index is -1.04. The summed E-state index contributed by atoms with van der Waals surface area (Å²) in [5.74, 6) is -0.312. The average Bonchev–Trinajstić information content (AvgIpc) is 2.75. The van der Waals surface area contributed by atoms with Crippen LogP contribution in [0.1, 0.15) is 11.3 Å². The summed E-state index contributed by atoms with van der Waals surface area (Å²) in [4.78, 5) is 10.4. The molecule has 0 atom stereocenters. The van der Waals surface area contributed by atoms with Crippen molar-refractivity contribution in [2.75, 3.05) is 0 Å². The third kappa shape index (κ3) is 2.66. The lowest BCUT2D eigenvalue weighted by atomic mass is 10.1. The summed E-state index contributed by atoms with van der Waals surface area (Å²) in [5, 5.41) is 8.50. The zero-order valence-corrected chi connectivity index (χ0v) is 9.68. The van der Waals surface area contributed by atoms with Crippen LogP contribution < -0.4 is 0 Å². The lowest BCUT2D eigenvalue weighted by Gasteiger charge is -2.01. The number of rotatable bonds is 3. The van der Waals surface area contributed by atoms with Gasteiger partial charge >= 0.3 is 5.97 Å². The lowest BCUT2D eigenvalue weighted by molar-refractivity contribution is -0.131. The van der Waals surface area contributed by atoms with Gasteiger partial charge in [-0.1, -0.05) is 0 Å². The molecule has 0 fully saturated rings. The Morgan fingerprint density at radius 1 is 1.33 bits per heavy atom. The first-order chi connectivity index (χ1) is 8.56. The Labute approximate surface area is 103 Å². The average molecular weight is 246 g/mol. The van der Waals surface area contributed by atoms with Gasteiger partial charge in [-0.25, -0.2) is 9.18 Å². The molecule has 0 aliphatic rings. The van der Waals surface area contributed by atoms with E-state index in [1.54, 1.807) is 25.1 Å². The Hall–Kier alpha value is -2.36. The monoisotopic (exact) mass is 246 g/mol. The number of aryl methyl sites for hydroxylation is 1. The topological polar surface area (TPSA) is 50.4 Å². The minimum absolute atomic E-state index is 0.297. The molecule has 0 saturated carbocycles. The van der Waals surface area contributed by atoms with Crippen LogP contribution in [0.4, 0.5) is 4.39 Å². The molecule has 1 heterocycles. The van der Waals surface area contributed by atoms with Gasteiger partial charge in [0, 0.05) is 11.6 Å². The number of carbonyl (C=O) groups is 1. The number of benzene rings is 1. The number of halogens is 1. The molecule has 1 aromatic carbocycles. The van der Waals surface area contributed by atoms with Crippen molar-refractivity contribution in [3.8, 4) is 11.3 Å². The highest BCUT2D eigenvalue weighted by molar-refractivity contribution is 5.84. The van der Waals surface area contributed by atoms with Gasteiger partial charge in [-0.05, 0) is 48.9 Å². The number of aliphatic carboxylic acids is 1. The molecular weight excluding hydrogens is 235 g/mol. The van der Waals surface area contributed by atoms with Gasteiger partial charge in [0.2, 0.25) is 0 Å². The van der Waals surface area contributed by atoms with E-state index in [0.29, 0.717) is 11.5 Å². The second-order valence-electron chi connectivity index (χ2n) is 3.83. The molecular formula is C14H11FO3. The maximum atomic E-state index is 13.0. The molecule has 18 heavy (non-hydrogen) atoms. The third-order valence-electron chi connectivity index (χ3n) is 2.47. The summed E-state index contributed by atoms with van der Waals surface area (Å²) in [7, 11) is 0. The van der Waals surface area contributed by atoms with Crippen molar-refractivity contribution in [3.63, 3.8) is 0 Å². The SMILES string of the molecule is Cc1cc(F)ccc1-c1ccc(C=CC(=O)O)o1. The van der Waals surface area contributed by atoms with Gasteiger partial charge in [0.05, 0.1) is 0 Å². The fourth-order valence-corrected chi connectivity index (χ4v) is 1.64. The van der Waals surface area contributed by atoms with Gasteiger partial charge in [-0.15, -0.1) is 0 Å². The summed E-state index contributed by atoms with van der Waals surface area (Å²) in [6, 6.07) is 7.80. The summed E-state index contributed by atoms with van der Waals surface area (Å²) in [6.45, 7) is 1.79. The largest absolute Gasteiger partial charge is 0.478 e. The zero-order valence-electron chi connectivity index (χ0n) is 9.68. The van der Waals surface area contributed by atoms with Crippen molar-refractivity contribution < 1.29 is 18.7 Å². The van der Waals surface area contributed by atoms with E-state index in [1.165, 1.54) is 18.2 Å². The van der Waals surface area contributed by atoms with Crippen LogP contribution in [0.15, 0.2) is 40.8 Å². The zero-order chi connectivity index (χ0) is 13.1. The first-order valence-electron chi connectivity index (χ1n) is 5.33. The molecule has 4 heteroatoms. The quantitative estimate of drug-likeness (QED) is 0.843. The van der Waals surface area contributed by atoms with E-state index in [4.69, 9.17) is 9.52 Å². The Bertz CT molecular complexity index is 611. The van der Waals surface area contributed by atoms with Crippen molar-refractivity contribution in [2.24, 2.45) is 0 Å². The molecule has 0 saturated heterocycles. The molecule has 0 unspecified atom stereocenters. The smallest absolute Gasteiger partial charge is 0.328 e. The van der Waals surface area contributed by atoms with Crippen molar-refractivity contribution in [1.82, 2.24) is 0 Å². The van der Waals surface area contributed by atoms with Crippen molar-refractivity contribution in [3.05, 3.63) is 53.5 Å². The van der Waals surface area contributed by atoms with E-state index in [0.717, 1.165) is 17.2 Å². The van der Waals surface area contributed by atoms with Crippen LogP contribution in [0.5, 0.6) is 0 Å². The molecule has 92 valence electrons. The van der Waals surface area contributed by atoms with Gasteiger partial charge in [-0.2, -0.15) is 0 Å². The highest BCUT2D eigenvalue weighted by Gasteiger charge is 2.07. The van der Waals surface area contributed by atoms with Crippen LogP contribution in [0.2, 0.25) is 0 Å². The maximum Gasteiger partial charge on any atom is 0.328 e. The molecule has 0 bridgehead atoms. The number of carboxylic acid groups (broad SMARTS) is 1. The fraction of sp³-hybridized carbons (Fsp3) is 0.0714. The summed E-state index contributed by atoms with van der Waals surface area (Å²) >= 11 is 0. The van der Waals surface area contributed by atoms with Gasteiger partial charge in [-0.3, -0.25) is 0 Å². The molecule has 0 amide bonds. The number of hydrogen-bond donors (Lipinski definition) is 1. The van der Waals surface area contributed by atoms with E-state index in [9.17, 15) is 9.18 Å². The second kappa shape index (κ2) is 4.87. The number of hydrogen-bond acceptors (Lipinski definition) is 2. The van der Waals surface area contributed by atoms with Crippen LogP contribution >= 0.6 is 0 Å². The maximum absolute atomic E-state index is 13.0. The molecule has 0 aliphatic heterocycles. The van der Waals surface area contributed by atoms with Gasteiger partial charge in [0.1, 0.15) is 17.3 Å². The Kier molecular flexibility index (Phi) is 3.28. The normalized spacial score (nSPS) is 11.0. The van der Waals surface area contributed by atoms with E-state index in [2.05, 4.69) is 0 Å². The Balaban J connectivity index is 2.32. The minimum Gasteiger partial charge on any atom is -0.478 e. The highest BCUT2D eigenvalue weighted by atomic mass is 19.1. The van der Waals surface area contributed by atoms with Crippen LogP contribution in [0, 0.1) is 12.7 Å². The van der Waals surface area contributed by atoms with Crippen LogP contribution in [-0.4, -0.2) is 11.1 Å². The van der Waals surface area contributed by atoms with E-state index >= 15 is 0 Å². The molecule has 2 aromatic rings. The Morgan fingerprint density at radius 2 is 2.11 bits per heavy atom. The van der Waals surface area contributed by atoms with Gasteiger partial charge in [0.25, 0.3) is 0 Å². The number of furan rings is 1. The molecule has 0 radical (unpaired) electrons. The van der Waals surface area contributed by atoms with E-state index in [-0.39, 0.29) is 5.82 Å². The third-order valence-corrected chi connectivity index (χ3v) is 2.47. The van der Waals surface area contributed by atoms with Crippen LogP contribution in [0.3, 0.4) is 0 Å². The molecule has 3 nitrogen and oxygen atoms in total. The van der Waals surface area contributed by atoms with Crippen LogP contribution in [0.25, 0.3) is 17.4 Å². The highest BCUT2D eigenvalue weighted by Crippen LogP contribution is 2.26. The Morgan fingerprint density at radius 3 is 2.78 bits per heavy atom. The van der Waals surface area contributed by atoms with E-state index in [1.807, 2.05) is 0 Å². The molecule has 0 spiro atoms. The molecule has 2 rings (SSSR count). The van der Waals surface area contributed by atoms with Crippen LogP contribution in [-0.2, 0) is 4.79 Å². The molecule has 1 N–H and O–H groups in total. The fourth-order valence-electron chi connectivity index (χ4n) is 1.64. The van der Waals surface area contributed by atoms with E-state index < -0.39 is 5.97 Å². The van der Waals surface area contributed by atoms with Crippen molar-refractivity contribution in [2.45, 2.75) is 6.92 Å². The van der Waals surface area contributed by atoms with Crippen molar-refractivity contribution in [1.29, 1.82) is 0 Å². The standard InChI is InChI=1S/C14H11FO3/c1-9-8-10(15)2-5-12(9)13-6-3-11(18-13)4-7-14(16)17/h2-8H,1H3,(H,16,17). The predicted molar refractivity (Wildman–Crippen MR) is 65.5 cm³/mol. The van der Waals surface area contributed by atoms with Gasteiger partial charge in [0.15, 0.2) is 0 Å². The second-order valence-corrected chi connectivity index (χ2v) is 3.83. The predicted octanol–water partition coefficient (Wildman–Crippen LogP) is 3.49. The molecule has 1 aromatic heterocycles. The molecule has 0 aliphatic carbocycles. The lowest BCUT2D eigenvalue weighted by Crippen LogP contribution is -1.85. The van der Waals surface area contributed by atoms with Gasteiger partial charge < -0.3 is 9.52 Å². The van der Waals surface area contributed by atoms with Crippen molar-refractivity contribution >= 4 is 12.0 Å². The summed E-state index contributed by atoms with van der Waals surface area (Å²) < 4.78 is 18.4. The number of carboxylic acids is 1. The first-order valence-corrected chi connectivity index (χ1v) is 5.33. The summed E-state index contributed by atoms with van der Waals surface area (Å²) in [6.07, 6.45) is 2.37.